The van der Waals surface area contributed by atoms with Crippen LogP contribution in [0.3, 0.4) is 0 Å². The minimum absolute atomic E-state index is 0.277. The highest BCUT2D eigenvalue weighted by Crippen LogP contribution is 2.31. The number of nitrogens with one attached hydrogen (secondary N) is 1. The lowest BCUT2D eigenvalue weighted by Gasteiger charge is -2.10. The van der Waals surface area contributed by atoms with E-state index in [0.29, 0.717) is 9.79 Å². The molecule has 1 unspecified atom stereocenters. The Bertz CT molecular complexity index is 891. The molecule has 0 fully saturated rings. The summed E-state index contributed by atoms with van der Waals surface area (Å²) in [6.45, 7) is 1.68. The molecule has 1 aliphatic rings. The van der Waals surface area contributed by atoms with Crippen molar-refractivity contribution in [3.8, 4) is 0 Å². The minimum Gasteiger partial charge on any atom is -0.459 e. The minimum atomic E-state index is -1.35. The van der Waals surface area contributed by atoms with Gasteiger partial charge in [-0.1, -0.05) is 11.6 Å². The van der Waals surface area contributed by atoms with Gasteiger partial charge < -0.3 is 9.73 Å². The highest BCUT2D eigenvalue weighted by molar-refractivity contribution is 7.85. The predicted molar refractivity (Wildman–Crippen MR) is 85.5 cm³/mol. The summed E-state index contributed by atoms with van der Waals surface area (Å²) in [5, 5.41) is 4.61. The fourth-order valence-electron chi connectivity index (χ4n) is 2.76. The van der Waals surface area contributed by atoms with Crippen molar-refractivity contribution in [3.63, 3.8) is 0 Å². The van der Waals surface area contributed by atoms with Crippen LogP contribution in [0.5, 0.6) is 0 Å². The molecule has 6 heteroatoms. The maximum atomic E-state index is 12.7. The molecule has 1 N–H and O–H groups in total. The zero-order chi connectivity index (χ0) is 15.1. The molecule has 0 amide bonds. The van der Waals surface area contributed by atoms with Crippen LogP contribution in [0.1, 0.15) is 11.3 Å². The molecule has 1 aliphatic heterocycles. The summed E-state index contributed by atoms with van der Waals surface area (Å²) in [6.07, 6.45) is 2.51. The van der Waals surface area contributed by atoms with Gasteiger partial charge in [-0.3, -0.25) is 0 Å². The van der Waals surface area contributed by atoms with Gasteiger partial charge in [0.25, 0.3) is 0 Å². The van der Waals surface area contributed by atoms with Crippen LogP contribution in [0.25, 0.3) is 11.0 Å². The molecular weight excluding hydrogens is 320 g/mol. The molecule has 0 bridgehead atoms. The SMILES string of the molecule is O=S(c1ccc2oc3c(c2c1)CCNC3)c1cccnc1Cl. The van der Waals surface area contributed by atoms with Gasteiger partial charge in [-0.05, 0) is 43.3 Å². The molecule has 1 atom stereocenters. The lowest BCUT2D eigenvalue weighted by molar-refractivity contribution is 0.488. The van der Waals surface area contributed by atoms with Crippen LogP contribution >= 0.6 is 11.6 Å². The van der Waals surface area contributed by atoms with Gasteiger partial charge in [0.2, 0.25) is 0 Å². The highest BCUT2D eigenvalue weighted by atomic mass is 35.5. The van der Waals surface area contributed by atoms with Crippen LogP contribution in [0.4, 0.5) is 0 Å². The van der Waals surface area contributed by atoms with Crippen molar-refractivity contribution in [3.05, 3.63) is 53.0 Å². The number of pyridine rings is 1. The Labute approximate surface area is 135 Å². The van der Waals surface area contributed by atoms with Crippen LogP contribution in [0.2, 0.25) is 5.15 Å². The molecule has 1 aromatic carbocycles. The van der Waals surface area contributed by atoms with Crippen molar-refractivity contribution in [2.75, 3.05) is 6.54 Å². The van der Waals surface area contributed by atoms with Crippen molar-refractivity contribution >= 4 is 33.4 Å². The van der Waals surface area contributed by atoms with E-state index >= 15 is 0 Å². The molecule has 0 aliphatic carbocycles. The van der Waals surface area contributed by atoms with E-state index in [4.69, 9.17) is 16.0 Å². The molecule has 3 aromatic rings. The fraction of sp³-hybridized carbons (Fsp3) is 0.188. The third-order valence-corrected chi connectivity index (χ3v) is 5.65. The van der Waals surface area contributed by atoms with Crippen molar-refractivity contribution in [1.82, 2.24) is 10.3 Å². The molecular formula is C16H13ClN2O2S. The first-order valence-electron chi connectivity index (χ1n) is 7.01. The Morgan fingerprint density at radius 1 is 1.32 bits per heavy atom. The standard InChI is InChI=1S/C16H13ClN2O2S/c17-16-15(2-1-6-19-16)22(20)10-3-4-13-12(8-10)11-5-7-18-9-14(11)21-13/h1-4,6,8,18H,5,7,9H2. The van der Waals surface area contributed by atoms with Crippen LogP contribution in [-0.4, -0.2) is 15.7 Å². The van der Waals surface area contributed by atoms with Crippen molar-refractivity contribution < 1.29 is 8.63 Å². The number of furan rings is 1. The summed E-state index contributed by atoms with van der Waals surface area (Å²) < 4.78 is 18.6. The maximum Gasteiger partial charge on any atom is 0.145 e. The summed E-state index contributed by atoms with van der Waals surface area (Å²) in [7, 11) is -1.35. The lowest BCUT2D eigenvalue weighted by Crippen LogP contribution is -2.22. The lowest BCUT2D eigenvalue weighted by atomic mass is 10.1. The first kappa shape index (κ1) is 13.9. The Balaban J connectivity index is 1.83. The zero-order valence-electron chi connectivity index (χ0n) is 11.6. The molecule has 0 spiro atoms. The quantitative estimate of drug-likeness (QED) is 0.732. The third kappa shape index (κ3) is 2.26. The molecule has 0 saturated carbocycles. The van der Waals surface area contributed by atoms with Gasteiger partial charge in [-0.2, -0.15) is 0 Å². The van der Waals surface area contributed by atoms with Gasteiger partial charge in [0.15, 0.2) is 0 Å². The van der Waals surface area contributed by atoms with Gasteiger partial charge in [-0.25, -0.2) is 9.19 Å². The fourth-order valence-corrected chi connectivity index (χ4v) is 4.17. The van der Waals surface area contributed by atoms with Crippen LogP contribution < -0.4 is 5.32 Å². The summed E-state index contributed by atoms with van der Waals surface area (Å²) in [4.78, 5) is 5.24. The summed E-state index contributed by atoms with van der Waals surface area (Å²) in [5.74, 6) is 0.976. The number of aromatic nitrogens is 1. The number of rotatable bonds is 2. The van der Waals surface area contributed by atoms with Crippen molar-refractivity contribution in [2.45, 2.75) is 22.8 Å². The average molecular weight is 333 g/mol. The van der Waals surface area contributed by atoms with E-state index in [1.807, 2.05) is 18.2 Å². The highest BCUT2D eigenvalue weighted by Gasteiger charge is 2.19. The summed E-state index contributed by atoms with van der Waals surface area (Å²) in [5.41, 5.74) is 2.05. The molecule has 3 heterocycles. The van der Waals surface area contributed by atoms with E-state index in [1.54, 1.807) is 18.3 Å². The molecule has 0 saturated heterocycles. The molecule has 112 valence electrons. The van der Waals surface area contributed by atoms with E-state index < -0.39 is 10.8 Å². The first-order valence-corrected chi connectivity index (χ1v) is 8.54. The number of hydrogen-bond acceptors (Lipinski definition) is 4. The number of nitrogens with zero attached hydrogens (tertiary/aromatic N) is 1. The number of halogens is 1. The van der Waals surface area contributed by atoms with Gasteiger partial charge in [0.05, 0.1) is 22.2 Å². The number of fused-ring (bicyclic) bond motifs is 3. The number of benzene rings is 1. The van der Waals surface area contributed by atoms with E-state index in [2.05, 4.69) is 10.3 Å². The largest absolute Gasteiger partial charge is 0.459 e. The normalized spacial score (nSPS) is 15.7. The van der Waals surface area contributed by atoms with Gasteiger partial charge >= 0.3 is 0 Å². The van der Waals surface area contributed by atoms with Crippen LogP contribution in [0.15, 0.2) is 50.7 Å². The molecule has 4 rings (SSSR count). The Morgan fingerprint density at radius 3 is 3.09 bits per heavy atom. The van der Waals surface area contributed by atoms with Crippen LogP contribution in [-0.2, 0) is 23.8 Å². The Kier molecular flexibility index (Phi) is 3.48. The first-order chi connectivity index (χ1) is 10.7. The predicted octanol–water partition coefficient (Wildman–Crippen LogP) is 3.29. The summed E-state index contributed by atoms with van der Waals surface area (Å²) in [6, 6.07) is 9.13. The molecule has 0 radical (unpaired) electrons. The van der Waals surface area contributed by atoms with Crippen molar-refractivity contribution in [1.29, 1.82) is 0 Å². The van der Waals surface area contributed by atoms with Gasteiger partial charge in [0.1, 0.15) is 16.5 Å². The summed E-state index contributed by atoms with van der Waals surface area (Å²) >= 11 is 6.05. The second-order valence-corrected chi connectivity index (χ2v) is 6.96. The topological polar surface area (TPSA) is 55.1 Å². The Morgan fingerprint density at radius 2 is 2.23 bits per heavy atom. The monoisotopic (exact) mass is 332 g/mol. The van der Waals surface area contributed by atoms with Crippen LogP contribution in [0, 0.1) is 0 Å². The zero-order valence-corrected chi connectivity index (χ0v) is 13.2. The van der Waals surface area contributed by atoms with E-state index in [1.165, 1.54) is 5.56 Å². The maximum absolute atomic E-state index is 12.7. The Hall–Kier alpha value is -1.69. The van der Waals surface area contributed by atoms with E-state index in [0.717, 1.165) is 36.2 Å². The molecule has 4 nitrogen and oxygen atoms in total. The average Bonchev–Trinajstić information content (AvgIpc) is 2.92. The second-order valence-electron chi connectivity index (χ2n) is 5.15. The number of hydrogen-bond donors (Lipinski definition) is 1. The van der Waals surface area contributed by atoms with E-state index in [-0.39, 0.29) is 5.15 Å². The van der Waals surface area contributed by atoms with Gasteiger partial charge in [0, 0.05) is 22.0 Å². The second kappa shape index (κ2) is 5.50. The van der Waals surface area contributed by atoms with Gasteiger partial charge in [-0.15, -0.1) is 0 Å². The third-order valence-electron chi connectivity index (χ3n) is 3.82. The smallest absolute Gasteiger partial charge is 0.145 e. The van der Waals surface area contributed by atoms with E-state index in [9.17, 15) is 4.21 Å². The van der Waals surface area contributed by atoms with Crippen molar-refractivity contribution in [2.24, 2.45) is 0 Å². The molecule has 2 aromatic heterocycles. The molecule has 22 heavy (non-hydrogen) atoms.